The van der Waals surface area contributed by atoms with Gasteiger partial charge in [0.15, 0.2) is 0 Å². The summed E-state index contributed by atoms with van der Waals surface area (Å²) < 4.78 is 1.69. The number of rotatable bonds is 4. The van der Waals surface area contributed by atoms with Gasteiger partial charge in [0, 0.05) is 25.6 Å². The van der Waals surface area contributed by atoms with Crippen LogP contribution in [-0.2, 0) is 24.2 Å². The molecule has 0 atom stereocenters. The number of nitrogens with zero attached hydrogens (tertiary/aromatic N) is 1. The Morgan fingerprint density at radius 2 is 2.35 bits per heavy atom. The van der Waals surface area contributed by atoms with Crippen LogP contribution in [0.5, 0.6) is 0 Å². The first kappa shape index (κ1) is 11.7. The Labute approximate surface area is 99.1 Å². The van der Waals surface area contributed by atoms with Crippen LogP contribution in [0, 0.1) is 0 Å². The number of hydrogen-bond donors (Lipinski definition) is 2. The zero-order chi connectivity index (χ0) is 12.4. The largest absolute Gasteiger partial charge is 0.481 e. The van der Waals surface area contributed by atoms with Crippen molar-refractivity contribution in [3.05, 3.63) is 27.5 Å². The summed E-state index contributed by atoms with van der Waals surface area (Å²) in [5.74, 6) is 0.00519. The Morgan fingerprint density at radius 1 is 1.59 bits per heavy atom. The van der Waals surface area contributed by atoms with Crippen LogP contribution in [0.3, 0.4) is 0 Å². The van der Waals surface area contributed by atoms with Gasteiger partial charge in [-0.25, -0.2) is 0 Å². The van der Waals surface area contributed by atoms with Gasteiger partial charge in [0.2, 0.25) is 0 Å². The van der Waals surface area contributed by atoms with E-state index in [1.54, 1.807) is 10.6 Å². The summed E-state index contributed by atoms with van der Waals surface area (Å²) in [7, 11) is 0. The van der Waals surface area contributed by atoms with Crippen LogP contribution in [0.2, 0.25) is 0 Å². The molecule has 17 heavy (non-hydrogen) atoms. The van der Waals surface area contributed by atoms with Gasteiger partial charge >= 0.3 is 5.97 Å². The van der Waals surface area contributed by atoms with E-state index in [9.17, 15) is 9.59 Å². The number of pyridine rings is 1. The molecule has 0 saturated carbocycles. The molecule has 0 saturated heterocycles. The Balaban J connectivity index is 2.44. The lowest BCUT2D eigenvalue weighted by molar-refractivity contribution is -0.136. The van der Waals surface area contributed by atoms with Gasteiger partial charge in [-0.15, -0.1) is 0 Å². The van der Waals surface area contributed by atoms with Gasteiger partial charge in [-0.3, -0.25) is 14.2 Å². The average Bonchev–Trinajstić information content (AvgIpc) is 2.76. The summed E-state index contributed by atoms with van der Waals surface area (Å²) >= 11 is 0. The number of hydrogen-bond acceptors (Lipinski definition) is 3. The maximum absolute atomic E-state index is 11.8. The molecule has 0 bridgehead atoms. The van der Waals surface area contributed by atoms with Crippen LogP contribution in [0.25, 0.3) is 0 Å². The van der Waals surface area contributed by atoms with Gasteiger partial charge in [0.1, 0.15) is 5.82 Å². The summed E-state index contributed by atoms with van der Waals surface area (Å²) in [6.45, 7) is 3.38. The minimum Gasteiger partial charge on any atom is -0.481 e. The highest BCUT2D eigenvalue weighted by Gasteiger charge is 2.18. The molecule has 1 aromatic heterocycles. The molecule has 2 N–H and O–H groups in total. The smallest absolute Gasteiger partial charge is 0.303 e. The van der Waals surface area contributed by atoms with E-state index in [0.29, 0.717) is 13.0 Å². The van der Waals surface area contributed by atoms with Gasteiger partial charge < -0.3 is 10.4 Å². The van der Waals surface area contributed by atoms with Crippen LogP contribution in [0.4, 0.5) is 5.82 Å². The number of fused-ring (bicyclic) bond motifs is 1. The van der Waals surface area contributed by atoms with Crippen molar-refractivity contribution in [2.75, 3.05) is 11.9 Å². The van der Waals surface area contributed by atoms with E-state index in [1.807, 2.05) is 6.92 Å². The predicted molar refractivity (Wildman–Crippen MR) is 64.5 cm³/mol. The fourth-order valence-electron chi connectivity index (χ4n) is 2.28. The van der Waals surface area contributed by atoms with Crippen molar-refractivity contribution in [3.63, 3.8) is 0 Å². The van der Waals surface area contributed by atoms with Gasteiger partial charge in [-0.2, -0.15) is 0 Å². The van der Waals surface area contributed by atoms with Crippen molar-refractivity contribution < 1.29 is 9.90 Å². The lowest BCUT2D eigenvalue weighted by atomic mass is 10.0. The monoisotopic (exact) mass is 236 g/mol. The molecule has 2 heterocycles. The average molecular weight is 236 g/mol. The second-order valence-corrected chi connectivity index (χ2v) is 4.16. The minimum absolute atomic E-state index is 0.000856. The summed E-state index contributed by atoms with van der Waals surface area (Å²) in [5.41, 5.74) is 1.94. The molecule has 2 rings (SSSR count). The number of nitrogens with one attached hydrogen (secondary N) is 1. The van der Waals surface area contributed by atoms with Crippen LogP contribution >= 0.6 is 0 Å². The second kappa shape index (κ2) is 4.61. The van der Waals surface area contributed by atoms with Crippen molar-refractivity contribution in [2.45, 2.75) is 32.7 Å². The van der Waals surface area contributed by atoms with E-state index < -0.39 is 5.97 Å². The summed E-state index contributed by atoms with van der Waals surface area (Å²) in [6, 6.07) is 1.63. The second-order valence-electron chi connectivity index (χ2n) is 4.16. The lowest BCUT2D eigenvalue weighted by Gasteiger charge is -2.13. The Morgan fingerprint density at radius 3 is 3.00 bits per heavy atom. The Bertz CT molecular complexity index is 505. The van der Waals surface area contributed by atoms with E-state index in [2.05, 4.69) is 5.32 Å². The van der Waals surface area contributed by atoms with E-state index in [1.165, 1.54) is 0 Å². The number of anilines is 1. The van der Waals surface area contributed by atoms with Crippen molar-refractivity contribution in [1.82, 2.24) is 4.57 Å². The molecule has 0 unspecified atom stereocenters. The Kier molecular flexibility index (Phi) is 3.17. The standard InChI is InChI=1S/C12H16N2O3/c1-2-8-7-10(15)14-6-5-13-12(14)9(8)3-4-11(16)17/h7,13H,2-6H2,1H3,(H,16,17). The highest BCUT2D eigenvalue weighted by atomic mass is 16.4. The SMILES string of the molecule is CCc1cc(=O)n2c(c1CCC(=O)O)NCC2. The van der Waals surface area contributed by atoms with Crippen molar-refractivity contribution in [1.29, 1.82) is 0 Å². The fourth-order valence-corrected chi connectivity index (χ4v) is 2.28. The van der Waals surface area contributed by atoms with E-state index in [0.717, 1.165) is 29.9 Å². The molecule has 0 fully saturated rings. The summed E-state index contributed by atoms with van der Waals surface area (Å²) in [5, 5.41) is 11.9. The molecule has 1 aliphatic rings. The lowest BCUT2D eigenvalue weighted by Crippen LogP contribution is -2.20. The molecule has 0 aromatic carbocycles. The van der Waals surface area contributed by atoms with Crippen LogP contribution in [0.1, 0.15) is 24.5 Å². The highest BCUT2D eigenvalue weighted by molar-refractivity contribution is 5.68. The third-order valence-corrected chi connectivity index (χ3v) is 3.10. The molecule has 0 spiro atoms. The van der Waals surface area contributed by atoms with Crippen LogP contribution < -0.4 is 10.9 Å². The maximum Gasteiger partial charge on any atom is 0.303 e. The van der Waals surface area contributed by atoms with Crippen molar-refractivity contribution >= 4 is 11.8 Å². The molecule has 0 radical (unpaired) electrons. The predicted octanol–water partition coefficient (Wildman–Crippen LogP) is 0.853. The maximum atomic E-state index is 11.8. The number of aromatic nitrogens is 1. The van der Waals surface area contributed by atoms with E-state index in [4.69, 9.17) is 5.11 Å². The molecule has 92 valence electrons. The molecule has 1 aromatic rings. The number of aliphatic carboxylic acids is 1. The van der Waals surface area contributed by atoms with Crippen LogP contribution in [0.15, 0.2) is 10.9 Å². The first-order valence-corrected chi connectivity index (χ1v) is 5.84. The zero-order valence-corrected chi connectivity index (χ0v) is 9.82. The van der Waals surface area contributed by atoms with Gasteiger partial charge in [-0.1, -0.05) is 6.92 Å². The molecule has 5 heteroatoms. The number of carbonyl (C=O) groups is 1. The first-order valence-electron chi connectivity index (χ1n) is 5.84. The van der Waals surface area contributed by atoms with Gasteiger partial charge in [0.25, 0.3) is 5.56 Å². The van der Waals surface area contributed by atoms with Gasteiger partial charge in [-0.05, 0) is 24.0 Å². The summed E-state index contributed by atoms with van der Waals surface area (Å²) in [4.78, 5) is 22.4. The Hall–Kier alpha value is -1.78. The number of carboxylic acid groups (broad SMARTS) is 1. The first-order chi connectivity index (χ1) is 8.13. The molecule has 0 aliphatic carbocycles. The summed E-state index contributed by atoms with van der Waals surface area (Å²) in [6.07, 6.45) is 1.32. The zero-order valence-electron chi connectivity index (χ0n) is 9.82. The molecule has 5 nitrogen and oxygen atoms in total. The van der Waals surface area contributed by atoms with E-state index >= 15 is 0 Å². The highest BCUT2D eigenvalue weighted by Crippen LogP contribution is 2.23. The normalized spacial score (nSPS) is 13.2. The van der Waals surface area contributed by atoms with Crippen molar-refractivity contribution in [3.8, 4) is 0 Å². The van der Waals surface area contributed by atoms with Gasteiger partial charge in [0.05, 0.1) is 0 Å². The fraction of sp³-hybridized carbons (Fsp3) is 0.500. The molecular weight excluding hydrogens is 220 g/mol. The number of aryl methyl sites for hydroxylation is 1. The number of carboxylic acids is 1. The quantitative estimate of drug-likeness (QED) is 0.813. The molecular formula is C12H16N2O3. The topological polar surface area (TPSA) is 71.3 Å². The molecule has 0 amide bonds. The minimum atomic E-state index is -0.810. The molecule has 1 aliphatic heterocycles. The third kappa shape index (κ3) is 2.18. The van der Waals surface area contributed by atoms with Crippen molar-refractivity contribution in [2.24, 2.45) is 0 Å². The van der Waals surface area contributed by atoms with E-state index in [-0.39, 0.29) is 12.0 Å². The van der Waals surface area contributed by atoms with Crippen LogP contribution in [-0.4, -0.2) is 22.2 Å². The third-order valence-electron chi connectivity index (χ3n) is 3.10.